The summed E-state index contributed by atoms with van der Waals surface area (Å²) in [5.74, 6) is 0.558. The van der Waals surface area contributed by atoms with Crippen LogP contribution in [0.5, 0.6) is 0 Å². The fraction of sp³-hybridized carbons (Fsp3) is 0.153. The zero-order chi connectivity index (χ0) is 40.3. The van der Waals surface area contributed by atoms with Crippen molar-refractivity contribution in [1.29, 1.82) is 0 Å². The Morgan fingerprint density at radius 2 is 0.887 bits per heavy atom. The Balaban J connectivity index is 1.12. The molecular weight excluding hydrogens is 755 g/mol. The lowest BCUT2D eigenvalue weighted by molar-refractivity contribution is 0.0897. The number of carbonyl (C=O) groups is 2. The second-order valence-corrected chi connectivity index (χ2v) is 19.1. The minimum atomic E-state index is -0.535. The van der Waals surface area contributed by atoms with E-state index in [0.717, 1.165) is 69.9 Å². The smallest absolute Gasteiger partial charge is 0.175 e. The summed E-state index contributed by atoms with van der Waals surface area (Å²) in [6.07, 6.45) is 4.08. The molecule has 8 aliphatic rings. The van der Waals surface area contributed by atoms with Crippen LogP contribution >= 0.6 is 0 Å². The molecule has 2 heterocycles. The molecule has 3 nitrogen and oxygen atoms in total. The molecule has 1 spiro atoms. The summed E-state index contributed by atoms with van der Waals surface area (Å²) in [5, 5.41) is 4.86. The summed E-state index contributed by atoms with van der Waals surface area (Å²) < 4.78 is 2.47. The quantitative estimate of drug-likeness (QED) is 0.153. The van der Waals surface area contributed by atoms with Crippen LogP contribution in [0, 0.1) is 5.92 Å². The summed E-state index contributed by atoms with van der Waals surface area (Å²) in [5.41, 5.74) is 22.0. The maximum Gasteiger partial charge on any atom is 0.175 e. The molecule has 62 heavy (non-hydrogen) atoms. The van der Waals surface area contributed by atoms with Crippen LogP contribution in [0.25, 0.3) is 60.3 Å². The minimum Gasteiger partial charge on any atom is -0.308 e. The third kappa shape index (κ3) is 3.50. The topological polar surface area (TPSA) is 38.5 Å². The third-order valence-electron chi connectivity index (χ3n) is 16.7. The standard InChI is InChI=1S/C59H37NO2/c61-57-31-23-21-30(22-24-31)39-25-46-51(28-44(39)57)60-50-29-45-41(52-35-14-1-3-16-37(35)53(58(45)62)38-17-4-2-15-36(38)52)26-40(50)43-27-42-34-13-7-10-20-49(34)59(55(42)54(46)56(43)60)47-18-8-5-11-32(47)33-12-6-9-19-48(33)59/h1-20,25-31,52-53H,21-24H2. The second kappa shape index (κ2) is 10.9. The Morgan fingerprint density at radius 3 is 1.50 bits per heavy atom. The van der Waals surface area contributed by atoms with Gasteiger partial charge in [-0.2, -0.15) is 0 Å². The highest BCUT2D eigenvalue weighted by Gasteiger charge is 2.53. The van der Waals surface area contributed by atoms with E-state index in [1.54, 1.807) is 0 Å². The van der Waals surface area contributed by atoms with Crippen LogP contribution in [-0.4, -0.2) is 16.0 Å². The molecule has 0 unspecified atom stereocenters. The van der Waals surface area contributed by atoms with Gasteiger partial charge in [-0.3, -0.25) is 9.59 Å². The first-order valence-corrected chi connectivity index (χ1v) is 22.5. The number of nitrogens with zero attached hydrogens (tertiary/aromatic N) is 1. The van der Waals surface area contributed by atoms with E-state index in [0.29, 0.717) is 11.7 Å². The summed E-state index contributed by atoms with van der Waals surface area (Å²) >= 11 is 0. The monoisotopic (exact) mass is 791 g/mol. The average Bonchev–Trinajstić information content (AvgIpc) is 3.93. The van der Waals surface area contributed by atoms with Crippen LogP contribution in [0.3, 0.4) is 0 Å². The second-order valence-electron chi connectivity index (χ2n) is 19.1. The van der Waals surface area contributed by atoms with Gasteiger partial charge in [0.25, 0.3) is 0 Å². The van der Waals surface area contributed by atoms with Crippen LogP contribution in [0.2, 0.25) is 0 Å². The molecule has 0 aliphatic heterocycles. The van der Waals surface area contributed by atoms with Gasteiger partial charge in [-0.15, -0.1) is 0 Å². The van der Waals surface area contributed by atoms with Gasteiger partial charge in [0.15, 0.2) is 11.6 Å². The maximum absolute atomic E-state index is 15.3. The van der Waals surface area contributed by atoms with E-state index >= 15 is 4.79 Å². The van der Waals surface area contributed by atoms with Gasteiger partial charge in [0.05, 0.1) is 27.9 Å². The van der Waals surface area contributed by atoms with Crippen molar-refractivity contribution < 1.29 is 9.59 Å². The molecular formula is C59H37NO2. The SMILES string of the molecule is O=C1c2cc3c(cc2C2CCC1CC2)c1c2c(cc4c5cc6c(cc5n3c41)C(=O)C1c3ccccc3C6c3ccccc31)-c1ccccc1C21c2ccccc2-c2ccccc21. The first kappa shape index (κ1) is 32.6. The molecule has 2 aromatic heterocycles. The maximum atomic E-state index is 15.3. The Kier molecular flexibility index (Phi) is 5.71. The summed E-state index contributed by atoms with van der Waals surface area (Å²) in [6, 6.07) is 56.4. The average molecular weight is 792 g/mol. The van der Waals surface area contributed by atoms with Gasteiger partial charge in [0.2, 0.25) is 0 Å². The number of rotatable bonds is 0. The van der Waals surface area contributed by atoms with Crippen LogP contribution in [0.1, 0.15) is 120 Å². The largest absolute Gasteiger partial charge is 0.308 e. The van der Waals surface area contributed by atoms with E-state index in [9.17, 15) is 4.79 Å². The van der Waals surface area contributed by atoms with Crippen molar-refractivity contribution in [3.8, 4) is 22.3 Å². The first-order valence-electron chi connectivity index (χ1n) is 22.5. The zero-order valence-corrected chi connectivity index (χ0v) is 33.8. The summed E-state index contributed by atoms with van der Waals surface area (Å²) in [4.78, 5) is 29.9. The minimum absolute atomic E-state index is 0.0497. The predicted molar refractivity (Wildman–Crippen MR) is 246 cm³/mol. The van der Waals surface area contributed by atoms with Crippen molar-refractivity contribution in [2.75, 3.05) is 0 Å². The van der Waals surface area contributed by atoms with Gasteiger partial charge in [0, 0.05) is 44.5 Å². The summed E-state index contributed by atoms with van der Waals surface area (Å²) in [6.45, 7) is 0. The number of hydrogen-bond acceptors (Lipinski definition) is 2. The molecule has 18 rings (SSSR count). The van der Waals surface area contributed by atoms with Gasteiger partial charge >= 0.3 is 0 Å². The van der Waals surface area contributed by atoms with Crippen LogP contribution in [0.15, 0.2) is 152 Å². The molecule has 3 heteroatoms. The van der Waals surface area contributed by atoms with Crippen molar-refractivity contribution in [3.05, 3.63) is 218 Å². The molecule has 8 aliphatic carbocycles. The molecule has 0 saturated heterocycles. The third-order valence-corrected chi connectivity index (χ3v) is 16.7. The lowest BCUT2D eigenvalue weighted by Gasteiger charge is -2.31. The molecule has 0 radical (unpaired) electrons. The summed E-state index contributed by atoms with van der Waals surface area (Å²) in [7, 11) is 0. The normalized spacial score (nSPS) is 21.5. The Bertz CT molecular complexity index is 3690. The van der Waals surface area contributed by atoms with Crippen LogP contribution in [0.4, 0.5) is 0 Å². The highest BCUT2D eigenvalue weighted by atomic mass is 16.1. The predicted octanol–water partition coefficient (Wildman–Crippen LogP) is 13.5. The molecule has 1 fully saturated rings. The van der Waals surface area contributed by atoms with E-state index < -0.39 is 5.41 Å². The lowest BCUT2D eigenvalue weighted by atomic mass is 9.69. The van der Waals surface area contributed by atoms with E-state index in [1.807, 2.05) is 0 Å². The number of carbonyl (C=O) groups excluding carboxylic acids is 2. The zero-order valence-electron chi connectivity index (χ0n) is 33.8. The van der Waals surface area contributed by atoms with Crippen molar-refractivity contribution >= 4 is 49.7 Å². The molecule has 10 aromatic rings. The molecule has 290 valence electrons. The van der Waals surface area contributed by atoms with Gasteiger partial charge < -0.3 is 4.40 Å². The Morgan fingerprint density at radius 1 is 0.403 bits per heavy atom. The molecule has 1 saturated carbocycles. The van der Waals surface area contributed by atoms with E-state index in [1.165, 1.54) is 82.9 Å². The lowest BCUT2D eigenvalue weighted by Crippen LogP contribution is -2.26. The van der Waals surface area contributed by atoms with E-state index in [-0.39, 0.29) is 23.5 Å². The number of hydrogen-bond donors (Lipinski definition) is 0. The van der Waals surface area contributed by atoms with Gasteiger partial charge in [-0.1, -0.05) is 121 Å². The van der Waals surface area contributed by atoms with Gasteiger partial charge in [-0.05, 0) is 140 Å². The molecule has 0 atom stereocenters. The fourth-order valence-electron chi connectivity index (χ4n) is 14.4. The van der Waals surface area contributed by atoms with E-state index in [2.05, 4.69) is 156 Å². The number of Topliss-reactive ketones (excluding diaryl/α,β-unsaturated/α-hetero) is 2. The first-order chi connectivity index (χ1) is 30.6. The molecule has 0 N–H and O–H groups in total. The van der Waals surface area contributed by atoms with Crippen molar-refractivity contribution in [2.24, 2.45) is 5.92 Å². The van der Waals surface area contributed by atoms with Gasteiger partial charge in [0.1, 0.15) is 0 Å². The Labute approximate surface area is 357 Å². The number of ketones is 2. The van der Waals surface area contributed by atoms with E-state index in [4.69, 9.17) is 0 Å². The fourth-order valence-corrected chi connectivity index (χ4v) is 14.4. The number of fused-ring (bicyclic) bond motifs is 19. The van der Waals surface area contributed by atoms with Crippen molar-refractivity contribution in [3.63, 3.8) is 0 Å². The number of aromatic nitrogens is 1. The highest BCUT2D eigenvalue weighted by molar-refractivity contribution is 6.29. The van der Waals surface area contributed by atoms with Crippen molar-refractivity contribution in [1.82, 2.24) is 4.40 Å². The van der Waals surface area contributed by atoms with Gasteiger partial charge in [-0.25, -0.2) is 0 Å². The van der Waals surface area contributed by atoms with Crippen LogP contribution in [-0.2, 0) is 5.41 Å². The Hall–Kier alpha value is -7.10. The molecule has 4 bridgehead atoms. The molecule has 8 aromatic carbocycles. The van der Waals surface area contributed by atoms with Crippen molar-refractivity contribution in [2.45, 2.75) is 48.9 Å². The highest BCUT2D eigenvalue weighted by Crippen LogP contribution is 2.66. The van der Waals surface area contributed by atoms with Crippen LogP contribution < -0.4 is 0 Å². The molecule has 0 amide bonds. The number of benzene rings is 8.